The predicted molar refractivity (Wildman–Crippen MR) is 79.6 cm³/mol. The first kappa shape index (κ1) is 15.3. The molecule has 0 atom stereocenters. The Bertz CT molecular complexity index is 700. The molecule has 0 radical (unpaired) electrons. The molecule has 2 rings (SSSR count). The van der Waals surface area contributed by atoms with Crippen LogP contribution >= 0.6 is 15.9 Å². The Hall–Kier alpha value is -2.08. The van der Waals surface area contributed by atoms with Gasteiger partial charge in [-0.3, -0.25) is 0 Å². The molecular weight excluding hydrogens is 343 g/mol. The van der Waals surface area contributed by atoms with Crippen molar-refractivity contribution in [3.8, 4) is 22.6 Å². The molecule has 0 saturated heterocycles. The maximum atomic E-state index is 13.8. The maximum Gasteiger partial charge on any atom is 0.338 e. The van der Waals surface area contributed by atoms with Crippen LogP contribution in [-0.4, -0.2) is 25.3 Å². The molecule has 2 aromatic carbocycles. The van der Waals surface area contributed by atoms with Gasteiger partial charge in [0.2, 0.25) is 0 Å². The van der Waals surface area contributed by atoms with Crippen LogP contribution in [0.25, 0.3) is 11.1 Å². The van der Waals surface area contributed by atoms with Crippen LogP contribution < -0.4 is 9.47 Å². The molecule has 0 unspecified atom stereocenters. The first-order chi connectivity index (χ1) is 9.99. The monoisotopic (exact) mass is 354 g/mol. The Morgan fingerprint density at radius 2 is 1.90 bits per heavy atom. The van der Waals surface area contributed by atoms with Crippen LogP contribution in [0.2, 0.25) is 0 Å². The summed E-state index contributed by atoms with van der Waals surface area (Å²) in [7, 11) is 3.02. The van der Waals surface area contributed by atoms with E-state index in [1.165, 1.54) is 32.4 Å². The normalized spacial score (nSPS) is 10.3. The smallest absolute Gasteiger partial charge is 0.338 e. The zero-order chi connectivity index (χ0) is 15.6. The molecule has 0 saturated carbocycles. The van der Waals surface area contributed by atoms with Gasteiger partial charge in [-0.15, -0.1) is 0 Å². The third kappa shape index (κ3) is 2.85. The van der Waals surface area contributed by atoms with Crippen LogP contribution in [-0.2, 0) is 0 Å². The minimum atomic E-state index is -1.30. The summed E-state index contributed by atoms with van der Waals surface area (Å²) in [6.45, 7) is 0. The summed E-state index contributed by atoms with van der Waals surface area (Å²) in [6.07, 6.45) is 0. The molecule has 2 aromatic rings. The molecule has 4 nitrogen and oxygen atoms in total. The van der Waals surface area contributed by atoms with E-state index in [1.807, 2.05) is 0 Å². The second-order valence-electron chi connectivity index (χ2n) is 4.16. The Kier molecular flexibility index (Phi) is 4.47. The van der Waals surface area contributed by atoms with Crippen molar-refractivity contribution in [3.63, 3.8) is 0 Å². The fourth-order valence-electron chi connectivity index (χ4n) is 1.98. The number of carboxylic acid groups (broad SMARTS) is 1. The molecule has 0 spiro atoms. The van der Waals surface area contributed by atoms with Crippen molar-refractivity contribution >= 4 is 21.9 Å². The number of hydrogen-bond acceptors (Lipinski definition) is 3. The van der Waals surface area contributed by atoms with E-state index < -0.39 is 11.8 Å². The first-order valence-electron chi connectivity index (χ1n) is 5.93. The summed E-state index contributed by atoms with van der Waals surface area (Å²) in [5.74, 6) is -1.04. The van der Waals surface area contributed by atoms with Crippen molar-refractivity contribution in [1.82, 2.24) is 0 Å². The summed E-state index contributed by atoms with van der Waals surface area (Å²) >= 11 is 3.37. The van der Waals surface area contributed by atoms with Crippen molar-refractivity contribution in [2.75, 3.05) is 14.2 Å². The highest BCUT2D eigenvalue weighted by Crippen LogP contribution is 2.42. The quantitative estimate of drug-likeness (QED) is 0.902. The highest BCUT2D eigenvalue weighted by Gasteiger charge is 2.17. The summed E-state index contributed by atoms with van der Waals surface area (Å²) < 4.78 is 24.9. The highest BCUT2D eigenvalue weighted by molar-refractivity contribution is 9.10. The summed E-state index contributed by atoms with van der Waals surface area (Å²) in [4.78, 5) is 10.8. The Morgan fingerprint density at radius 3 is 2.43 bits per heavy atom. The number of methoxy groups -OCH3 is 2. The van der Waals surface area contributed by atoms with Gasteiger partial charge in [-0.2, -0.15) is 0 Å². The van der Waals surface area contributed by atoms with Crippen LogP contribution in [0, 0.1) is 5.82 Å². The number of hydrogen-bond donors (Lipinski definition) is 1. The lowest BCUT2D eigenvalue weighted by Gasteiger charge is -2.14. The van der Waals surface area contributed by atoms with E-state index in [4.69, 9.17) is 14.6 Å². The van der Waals surface area contributed by atoms with Crippen LogP contribution in [0.1, 0.15) is 10.4 Å². The van der Waals surface area contributed by atoms with Crippen molar-refractivity contribution in [2.45, 2.75) is 0 Å². The number of carboxylic acids is 1. The van der Waals surface area contributed by atoms with Crippen molar-refractivity contribution in [2.24, 2.45) is 0 Å². The van der Waals surface area contributed by atoms with Crippen LogP contribution in [0.3, 0.4) is 0 Å². The maximum absolute atomic E-state index is 13.8. The second-order valence-corrected chi connectivity index (χ2v) is 4.96. The summed E-state index contributed by atoms with van der Waals surface area (Å²) in [5.41, 5.74) is 0.768. The predicted octanol–water partition coefficient (Wildman–Crippen LogP) is 3.97. The van der Waals surface area contributed by atoms with Gasteiger partial charge in [0, 0.05) is 5.56 Å². The average Bonchev–Trinajstić information content (AvgIpc) is 2.46. The molecule has 0 heterocycles. The lowest BCUT2D eigenvalue weighted by molar-refractivity contribution is 0.0692. The minimum Gasteiger partial charge on any atom is -0.495 e. The first-order valence-corrected chi connectivity index (χ1v) is 6.72. The van der Waals surface area contributed by atoms with E-state index in [2.05, 4.69) is 15.9 Å². The topological polar surface area (TPSA) is 55.8 Å². The standard InChI is InChI=1S/C15H12BrFO4/c1-20-12-6-5-9(14(21-2)13(12)16)8-3-4-10(15(18)19)11(17)7-8/h3-7H,1-2H3,(H,18,19). The number of halogens is 2. The van der Waals surface area contributed by atoms with Gasteiger partial charge in [-0.1, -0.05) is 6.07 Å². The molecule has 0 amide bonds. The fraction of sp³-hybridized carbons (Fsp3) is 0.133. The van der Waals surface area contributed by atoms with Crippen molar-refractivity contribution < 1.29 is 23.8 Å². The van der Waals surface area contributed by atoms with E-state index in [-0.39, 0.29) is 5.56 Å². The van der Waals surface area contributed by atoms with Crippen LogP contribution in [0.5, 0.6) is 11.5 Å². The van der Waals surface area contributed by atoms with E-state index in [0.717, 1.165) is 0 Å². The van der Waals surface area contributed by atoms with Gasteiger partial charge < -0.3 is 14.6 Å². The number of aromatic carboxylic acids is 1. The van der Waals surface area contributed by atoms with Gasteiger partial charge >= 0.3 is 5.97 Å². The molecular formula is C15H12BrFO4. The van der Waals surface area contributed by atoms with Crippen LogP contribution in [0.15, 0.2) is 34.8 Å². The van der Waals surface area contributed by atoms with Crippen LogP contribution in [0.4, 0.5) is 4.39 Å². The lowest BCUT2D eigenvalue weighted by Crippen LogP contribution is -2.00. The fourth-order valence-corrected chi connectivity index (χ4v) is 2.65. The van der Waals surface area contributed by atoms with Gasteiger partial charge in [-0.25, -0.2) is 9.18 Å². The molecule has 6 heteroatoms. The molecule has 0 fully saturated rings. The highest BCUT2D eigenvalue weighted by atomic mass is 79.9. The zero-order valence-electron chi connectivity index (χ0n) is 11.3. The Labute approximate surface area is 129 Å². The lowest BCUT2D eigenvalue weighted by atomic mass is 10.0. The van der Waals surface area contributed by atoms with Gasteiger partial charge in [0.1, 0.15) is 21.8 Å². The second kappa shape index (κ2) is 6.13. The molecule has 21 heavy (non-hydrogen) atoms. The zero-order valence-corrected chi connectivity index (χ0v) is 12.9. The number of carbonyl (C=O) groups is 1. The molecule has 0 aliphatic carbocycles. The summed E-state index contributed by atoms with van der Waals surface area (Å²) in [6, 6.07) is 7.36. The van der Waals surface area contributed by atoms with Crippen molar-refractivity contribution in [3.05, 3.63) is 46.2 Å². The summed E-state index contributed by atoms with van der Waals surface area (Å²) in [5, 5.41) is 8.85. The Morgan fingerprint density at radius 1 is 1.19 bits per heavy atom. The van der Waals surface area contributed by atoms with Crippen molar-refractivity contribution in [1.29, 1.82) is 0 Å². The molecule has 0 aromatic heterocycles. The molecule has 110 valence electrons. The van der Waals surface area contributed by atoms with E-state index >= 15 is 0 Å². The minimum absolute atomic E-state index is 0.370. The average molecular weight is 355 g/mol. The van der Waals surface area contributed by atoms with Gasteiger partial charge in [0.25, 0.3) is 0 Å². The number of ether oxygens (including phenoxy) is 2. The van der Waals surface area contributed by atoms with E-state index in [1.54, 1.807) is 12.1 Å². The van der Waals surface area contributed by atoms with E-state index in [0.29, 0.717) is 27.1 Å². The number of benzene rings is 2. The largest absolute Gasteiger partial charge is 0.495 e. The third-order valence-corrected chi connectivity index (χ3v) is 3.75. The molecule has 0 aliphatic heterocycles. The molecule has 0 bridgehead atoms. The number of rotatable bonds is 4. The molecule has 0 aliphatic rings. The SMILES string of the molecule is COc1ccc(-c2ccc(C(=O)O)c(F)c2)c(OC)c1Br. The van der Waals surface area contributed by atoms with E-state index in [9.17, 15) is 9.18 Å². The third-order valence-electron chi connectivity index (χ3n) is 3.00. The Balaban J connectivity index is 2.59. The van der Waals surface area contributed by atoms with Gasteiger partial charge in [0.15, 0.2) is 0 Å². The van der Waals surface area contributed by atoms with Gasteiger partial charge in [-0.05, 0) is 45.8 Å². The van der Waals surface area contributed by atoms with Gasteiger partial charge in [0.05, 0.1) is 19.8 Å². The molecule has 1 N–H and O–H groups in total.